The Labute approximate surface area is 117 Å². The topological polar surface area (TPSA) is 41.5 Å². The Morgan fingerprint density at radius 2 is 1.74 bits per heavy atom. The van der Waals surface area contributed by atoms with Crippen molar-refractivity contribution in [3.05, 3.63) is 35.4 Å². The first kappa shape index (κ1) is 16.2. The maximum absolute atomic E-state index is 9.79. The molecule has 3 heteroatoms. The minimum Gasteiger partial charge on any atom is -0.389 e. The van der Waals surface area contributed by atoms with E-state index in [0.29, 0.717) is 13.2 Å². The molecule has 0 aliphatic rings. The maximum Gasteiger partial charge on any atom is 0.0898 e. The molecule has 0 radical (unpaired) electrons. The fourth-order valence-electron chi connectivity index (χ4n) is 1.68. The van der Waals surface area contributed by atoms with Crippen LogP contribution >= 0.6 is 0 Å². The Morgan fingerprint density at radius 1 is 1.16 bits per heavy atom. The van der Waals surface area contributed by atoms with Gasteiger partial charge in [0.05, 0.1) is 18.3 Å². The molecule has 108 valence electrons. The van der Waals surface area contributed by atoms with Gasteiger partial charge in [-0.25, -0.2) is 0 Å². The second-order valence-electron chi connectivity index (χ2n) is 5.88. The Morgan fingerprint density at radius 3 is 2.26 bits per heavy atom. The Kier molecular flexibility index (Phi) is 6.49. The number of nitrogens with one attached hydrogen (secondary N) is 1. The minimum absolute atomic E-state index is 0.197. The van der Waals surface area contributed by atoms with Gasteiger partial charge < -0.3 is 15.2 Å². The van der Waals surface area contributed by atoms with Crippen LogP contribution in [0.5, 0.6) is 0 Å². The van der Waals surface area contributed by atoms with Crippen LogP contribution in [0.1, 0.15) is 38.8 Å². The second-order valence-corrected chi connectivity index (χ2v) is 5.88. The van der Waals surface area contributed by atoms with E-state index in [-0.39, 0.29) is 5.60 Å². The van der Waals surface area contributed by atoms with E-state index in [1.165, 1.54) is 11.1 Å². The molecule has 0 amide bonds. The molecule has 0 aliphatic heterocycles. The Hall–Kier alpha value is -0.900. The van der Waals surface area contributed by atoms with Crippen molar-refractivity contribution >= 4 is 0 Å². The summed E-state index contributed by atoms with van der Waals surface area (Å²) in [6.07, 6.45) is 0.602. The molecule has 0 fully saturated rings. The third-order valence-electron chi connectivity index (χ3n) is 2.85. The number of aryl methyl sites for hydroxylation is 1. The molecule has 0 aromatic heterocycles. The summed E-state index contributed by atoms with van der Waals surface area (Å²) in [6, 6.07) is 8.56. The third-order valence-corrected chi connectivity index (χ3v) is 2.85. The normalized spacial score (nSPS) is 13.5. The highest BCUT2D eigenvalue weighted by Gasteiger charge is 2.13. The molecule has 0 heterocycles. The van der Waals surface area contributed by atoms with Crippen molar-refractivity contribution < 1.29 is 9.84 Å². The van der Waals surface area contributed by atoms with Gasteiger partial charge in [0.2, 0.25) is 0 Å². The molecule has 19 heavy (non-hydrogen) atoms. The zero-order valence-corrected chi connectivity index (χ0v) is 12.6. The average Bonchev–Trinajstić information content (AvgIpc) is 2.36. The third kappa shape index (κ3) is 7.31. The molecule has 2 N–H and O–H groups in total. The summed E-state index contributed by atoms with van der Waals surface area (Å²) in [6.45, 7) is 9.81. The summed E-state index contributed by atoms with van der Waals surface area (Å²) < 4.78 is 5.53. The van der Waals surface area contributed by atoms with Crippen molar-refractivity contribution in [3.8, 4) is 0 Å². The zero-order valence-electron chi connectivity index (χ0n) is 12.6. The van der Waals surface area contributed by atoms with Crippen LogP contribution in [-0.2, 0) is 17.7 Å². The van der Waals surface area contributed by atoms with Gasteiger partial charge >= 0.3 is 0 Å². The quantitative estimate of drug-likeness (QED) is 0.796. The minimum atomic E-state index is -0.464. The van der Waals surface area contributed by atoms with Gasteiger partial charge in [0.1, 0.15) is 0 Å². The molecule has 3 nitrogen and oxygen atoms in total. The van der Waals surface area contributed by atoms with E-state index in [1.807, 2.05) is 20.8 Å². The first-order valence-electron chi connectivity index (χ1n) is 7.01. The first-order chi connectivity index (χ1) is 8.90. The van der Waals surface area contributed by atoms with E-state index in [0.717, 1.165) is 13.0 Å². The van der Waals surface area contributed by atoms with E-state index in [2.05, 4.69) is 36.5 Å². The van der Waals surface area contributed by atoms with Crippen molar-refractivity contribution in [2.45, 2.75) is 52.4 Å². The number of rotatable bonds is 7. The summed E-state index contributed by atoms with van der Waals surface area (Å²) >= 11 is 0. The average molecular weight is 265 g/mol. The largest absolute Gasteiger partial charge is 0.389 e. The predicted octanol–water partition coefficient (Wildman–Crippen LogP) is 2.51. The van der Waals surface area contributed by atoms with Crippen molar-refractivity contribution in [3.63, 3.8) is 0 Å². The molecule has 1 unspecified atom stereocenters. The van der Waals surface area contributed by atoms with Crippen LogP contribution in [0.2, 0.25) is 0 Å². The lowest BCUT2D eigenvalue weighted by Gasteiger charge is -2.22. The van der Waals surface area contributed by atoms with Gasteiger partial charge in [0.25, 0.3) is 0 Å². The van der Waals surface area contributed by atoms with Gasteiger partial charge in [0, 0.05) is 13.1 Å². The van der Waals surface area contributed by atoms with Crippen molar-refractivity contribution in [1.29, 1.82) is 0 Å². The van der Waals surface area contributed by atoms with Crippen molar-refractivity contribution in [2.75, 3.05) is 13.2 Å². The highest BCUT2D eigenvalue weighted by atomic mass is 16.5. The van der Waals surface area contributed by atoms with Crippen LogP contribution in [0.4, 0.5) is 0 Å². The maximum atomic E-state index is 9.79. The number of benzene rings is 1. The van der Waals surface area contributed by atoms with Gasteiger partial charge in [-0.2, -0.15) is 0 Å². The van der Waals surface area contributed by atoms with E-state index in [1.54, 1.807) is 0 Å². The van der Waals surface area contributed by atoms with Crippen LogP contribution in [-0.4, -0.2) is 30.0 Å². The van der Waals surface area contributed by atoms with Gasteiger partial charge in [0.15, 0.2) is 0 Å². The molecule has 0 aliphatic carbocycles. The summed E-state index contributed by atoms with van der Waals surface area (Å²) in [5, 5.41) is 13.0. The molecular weight excluding hydrogens is 238 g/mol. The Bertz CT molecular complexity index is 354. The summed E-state index contributed by atoms with van der Waals surface area (Å²) in [5.74, 6) is 0. The monoisotopic (exact) mass is 265 g/mol. The number of hydrogen-bond donors (Lipinski definition) is 2. The lowest BCUT2D eigenvalue weighted by molar-refractivity contribution is -0.0479. The van der Waals surface area contributed by atoms with Crippen molar-refractivity contribution in [2.24, 2.45) is 0 Å². The molecule has 1 rings (SSSR count). The zero-order chi connectivity index (χ0) is 14.3. The van der Waals surface area contributed by atoms with Crippen LogP contribution in [0.3, 0.4) is 0 Å². The second kappa shape index (κ2) is 7.63. The molecule has 1 atom stereocenters. The van der Waals surface area contributed by atoms with E-state index >= 15 is 0 Å². The number of ether oxygens (including phenoxy) is 1. The van der Waals surface area contributed by atoms with Crippen LogP contribution < -0.4 is 5.32 Å². The number of hydrogen-bond acceptors (Lipinski definition) is 3. The van der Waals surface area contributed by atoms with Gasteiger partial charge in [-0.05, 0) is 38.3 Å². The summed E-state index contributed by atoms with van der Waals surface area (Å²) in [5.41, 5.74) is 2.39. The van der Waals surface area contributed by atoms with Gasteiger partial charge in [-0.1, -0.05) is 31.2 Å². The summed E-state index contributed by atoms with van der Waals surface area (Å²) in [4.78, 5) is 0. The van der Waals surface area contributed by atoms with E-state index in [9.17, 15) is 5.11 Å². The number of aliphatic hydroxyl groups is 1. The SMILES string of the molecule is CCc1ccc(CNCC(O)COC(C)(C)C)cc1. The highest BCUT2D eigenvalue weighted by Crippen LogP contribution is 2.07. The lowest BCUT2D eigenvalue weighted by atomic mass is 10.1. The molecule has 0 saturated heterocycles. The molecule has 0 bridgehead atoms. The molecule has 0 spiro atoms. The number of aliphatic hydroxyl groups excluding tert-OH is 1. The van der Waals surface area contributed by atoms with Gasteiger partial charge in [-0.3, -0.25) is 0 Å². The summed E-state index contributed by atoms with van der Waals surface area (Å²) in [7, 11) is 0. The molecular formula is C16H27NO2. The fraction of sp³-hybridized carbons (Fsp3) is 0.625. The molecule has 0 saturated carbocycles. The van der Waals surface area contributed by atoms with Gasteiger partial charge in [-0.15, -0.1) is 0 Å². The van der Waals surface area contributed by atoms with Crippen LogP contribution in [0.15, 0.2) is 24.3 Å². The first-order valence-corrected chi connectivity index (χ1v) is 7.01. The van der Waals surface area contributed by atoms with E-state index < -0.39 is 6.10 Å². The van der Waals surface area contributed by atoms with Crippen LogP contribution in [0.25, 0.3) is 0 Å². The molecule has 1 aromatic carbocycles. The fourth-order valence-corrected chi connectivity index (χ4v) is 1.68. The van der Waals surface area contributed by atoms with Crippen LogP contribution in [0, 0.1) is 0 Å². The molecule has 1 aromatic rings. The smallest absolute Gasteiger partial charge is 0.0898 e. The lowest BCUT2D eigenvalue weighted by Crippen LogP contribution is -2.33. The Balaban J connectivity index is 2.22. The standard InChI is InChI=1S/C16H27NO2/c1-5-13-6-8-14(9-7-13)10-17-11-15(18)12-19-16(2,3)4/h6-9,15,17-18H,5,10-12H2,1-4H3. The van der Waals surface area contributed by atoms with E-state index in [4.69, 9.17) is 4.74 Å². The highest BCUT2D eigenvalue weighted by molar-refractivity contribution is 5.22. The predicted molar refractivity (Wildman–Crippen MR) is 79.2 cm³/mol. The van der Waals surface area contributed by atoms with Crippen molar-refractivity contribution in [1.82, 2.24) is 5.32 Å².